The largest absolute Gasteiger partial charge is 0.463 e. The van der Waals surface area contributed by atoms with Crippen molar-refractivity contribution in [2.45, 2.75) is 0 Å². The number of fused-ring (bicyclic) bond motifs is 1. The van der Waals surface area contributed by atoms with Gasteiger partial charge in [-0.25, -0.2) is 9.98 Å². The fraction of sp³-hybridized carbons (Fsp3) is 0. The van der Waals surface area contributed by atoms with Crippen molar-refractivity contribution >= 4 is 39.3 Å². The Morgan fingerprint density at radius 3 is 2.88 bits per heavy atom. The van der Waals surface area contributed by atoms with Crippen molar-refractivity contribution in [3.8, 4) is 11.5 Å². The number of non-ortho nitro benzene ring substituents is 1. The van der Waals surface area contributed by atoms with Crippen LogP contribution in [0.5, 0.6) is 0 Å². The van der Waals surface area contributed by atoms with Gasteiger partial charge in [0.15, 0.2) is 17.3 Å². The van der Waals surface area contributed by atoms with Gasteiger partial charge in [0.1, 0.15) is 5.65 Å². The van der Waals surface area contributed by atoms with E-state index < -0.39 is 4.92 Å². The number of pyridine rings is 1. The Kier molecular flexibility index (Phi) is 4.10. The second-order valence-electron chi connectivity index (χ2n) is 5.45. The molecule has 0 unspecified atom stereocenters. The van der Waals surface area contributed by atoms with Crippen molar-refractivity contribution in [2.75, 3.05) is 0 Å². The molecule has 0 atom stereocenters. The molecule has 4 aromatic rings. The first-order chi connectivity index (χ1) is 12.6. The number of aromatic nitrogens is 2. The number of nitro groups is 1. The predicted molar refractivity (Wildman–Crippen MR) is 101 cm³/mol. The quantitative estimate of drug-likeness (QED) is 0.268. The molecule has 0 aliphatic rings. The van der Waals surface area contributed by atoms with Crippen LogP contribution in [0.25, 0.3) is 17.1 Å². The molecule has 3 heterocycles. The summed E-state index contributed by atoms with van der Waals surface area (Å²) in [7, 11) is 0. The summed E-state index contributed by atoms with van der Waals surface area (Å²) in [4.78, 5) is 19.6. The van der Waals surface area contributed by atoms with Gasteiger partial charge in [0.25, 0.3) is 5.69 Å². The highest BCUT2D eigenvalue weighted by Gasteiger charge is 2.15. The number of hydrogen-bond acceptors (Lipinski definition) is 5. The van der Waals surface area contributed by atoms with Gasteiger partial charge in [0.05, 0.1) is 11.2 Å². The predicted octanol–water partition coefficient (Wildman–Crippen LogP) is 5.02. The van der Waals surface area contributed by atoms with Gasteiger partial charge >= 0.3 is 0 Å². The van der Waals surface area contributed by atoms with Gasteiger partial charge in [-0.05, 0) is 45.8 Å². The van der Waals surface area contributed by atoms with Crippen LogP contribution in [0, 0.1) is 10.1 Å². The van der Waals surface area contributed by atoms with Crippen LogP contribution in [0.1, 0.15) is 5.56 Å². The first-order valence-corrected chi connectivity index (χ1v) is 8.41. The minimum atomic E-state index is -0.434. The maximum atomic E-state index is 10.9. The molecule has 0 N–H and O–H groups in total. The van der Waals surface area contributed by atoms with Crippen LogP contribution in [-0.4, -0.2) is 20.5 Å². The standard InChI is InChI=1S/C18H11BrN4O3/c19-13-6-7-16-21-17(15-5-2-8-26-15)18(22(16)11-13)20-10-12-3-1-4-14(9-12)23(24)25/h1-11H. The molecule has 0 fully saturated rings. The molecule has 0 spiro atoms. The van der Waals surface area contributed by atoms with Gasteiger partial charge in [-0.15, -0.1) is 0 Å². The Labute approximate surface area is 155 Å². The van der Waals surface area contributed by atoms with Gasteiger partial charge in [-0.2, -0.15) is 0 Å². The van der Waals surface area contributed by atoms with Crippen LogP contribution < -0.4 is 0 Å². The van der Waals surface area contributed by atoms with Crippen LogP contribution in [0.15, 0.2) is 74.9 Å². The number of nitro benzene ring substituents is 1. The summed E-state index contributed by atoms with van der Waals surface area (Å²) in [5.41, 5.74) is 1.94. The molecule has 0 bridgehead atoms. The lowest BCUT2D eigenvalue weighted by Crippen LogP contribution is -1.90. The molecule has 0 aliphatic heterocycles. The van der Waals surface area contributed by atoms with E-state index in [1.54, 1.807) is 30.7 Å². The van der Waals surface area contributed by atoms with Gasteiger partial charge in [-0.3, -0.25) is 14.5 Å². The summed E-state index contributed by atoms with van der Waals surface area (Å²) >= 11 is 3.45. The van der Waals surface area contributed by atoms with Crippen LogP contribution in [0.3, 0.4) is 0 Å². The van der Waals surface area contributed by atoms with Gasteiger partial charge in [0.2, 0.25) is 0 Å². The fourth-order valence-corrected chi connectivity index (χ4v) is 2.90. The summed E-state index contributed by atoms with van der Waals surface area (Å²) in [6.45, 7) is 0. The second-order valence-corrected chi connectivity index (χ2v) is 6.36. The highest BCUT2D eigenvalue weighted by Crippen LogP contribution is 2.32. The first kappa shape index (κ1) is 16.2. The van der Waals surface area contributed by atoms with Gasteiger partial charge < -0.3 is 4.42 Å². The van der Waals surface area contributed by atoms with Crippen molar-refractivity contribution in [1.82, 2.24) is 9.38 Å². The Morgan fingerprint density at radius 2 is 2.12 bits per heavy atom. The third-order valence-electron chi connectivity index (χ3n) is 3.73. The van der Waals surface area contributed by atoms with E-state index in [1.807, 2.05) is 28.8 Å². The van der Waals surface area contributed by atoms with E-state index in [4.69, 9.17) is 4.42 Å². The van der Waals surface area contributed by atoms with E-state index in [-0.39, 0.29) is 5.69 Å². The smallest absolute Gasteiger partial charge is 0.270 e. The number of imidazole rings is 1. The lowest BCUT2D eigenvalue weighted by molar-refractivity contribution is -0.384. The van der Waals surface area contributed by atoms with Crippen molar-refractivity contribution in [3.63, 3.8) is 0 Å². The molecule has 26 heavy (non-hydrogen) atoms. The number of rotatable bonds is 4. The molecule has 7 nitrogen and oxygen atoms in total. The second kappa shape index (κ2) is 6.57. The Bertz CT molecular complexity index is 1130. The molecular weight excluding hydrogens is 400 g/mol. The van der Waals surface area contributed by atoms with Crippen LogP contribution in [-0.2, 0) is 0 Å². The first-order valence-electron chi connectivity index (χ1n) is 7.62. The molecule has 0 radical (unpaired) electrons. The lowest BCUT2D eigenvalue weighted by atomic mass is 10.2. The van der Waals surface area contributed by atoms with E-state index in [1.165, 1.54) is 12.1 Å². The molecule has 0 aliphatic carbocycles. The van der Waals surface area contributed by atoms with Crippen molar-refractivity contribution < 1.29 is 9.34 Å². The minimum absolute atomic E-state index is 0.0149. The minimum Gasteiger partial charge on any atom is -0.463 e. The summed E-state index contributed by atoms with van der Waals surface area (Å²) in [6.07, 6.45) is 5.00. The maximum Gasteiger partial charge on any atom is 0.270 e. The summed E-state index contributed by atoms with van der Waals surface area (Å²) in [6, 6.07) is 13.6. The van der Waals surface area contributed by atoms with E-state index in [2.05, 4.69) is 25.9 Å². The fourth-order valence-electron chi connectivity index (χ4n) is 2.56. The number of hydrogen-bond donors (Lipinski definition) is 0. The van der Waals surface area contributed by atoms with Crippen LogP contribution >= 0.6 is 15.9 Å². The zero-order chi connectivity index (χ0) is 18.1. The third-order valence-corrected chi connectivity index (χ3v) is 4.20. The number of halogens is 1. The zero-order valence-corrected chi connectivity index (χ0v) is 14.8. The van der Waals surface area contributed by atoms with Crippen molar-refractivity contribution in [3.05, 3.63) is 81.1 Å². The summed E-state index contributed by atoms with van der Waals surface area (Å²) in [5, 5.41) is 10.9. The van der Waals surface area contributed by atoms with E-state index in [9.17, 15) is 10.1 Å². The molecule has 8 heteroatoms. The van der Waals surface area contributed by atoms with Crippen LogP contribution in [0.2, 0.25) is 0 Å². The number of benzene rings is 1. The topological polar surface area (TPSA) is 85.9 Å². The monoisotopic (exact) mass is 410 g/mol. The molecule has 1 aromatic carbocycles. The number of nitrogens with zero attached hydrogens (tertiary/aromatic N) is 4. The highest BCUT2D eigenvalue weighted by atomic mass is 79.9. The average Bonchev–Trinajstić information content (AvgIpc) is 3.27. The number of aliphatic imine (C=N–C) groups is 1. The zero-order valence-electron chi connectivity index (χ0n) is 13.2. The maximum absolute atomic E-state index is 10.9. The lowest BCUT2D eigenvalue weighted by Gasteiger charge is -1.99. The molecule has 128 valence electrons. The summed E-state index contributed by atoms with van der Waals surface area (Å²) in [5.74, 6) is 1.17. The van der Waals surface area contributed by atoms with E-state index in [0.29, 0.717) is 28.5 Å². The number of furan rings is 1. The van der Waals surface area contributed by atoms with E-state index >= 15 is 0 Å². The normalized spacial score (nSPS) is 11.4. The van der Waals surface area contributed by atoms with Crippen molar-refractivity contribution in [1.29, 1.82) is 0 Å². The molecular formula is C18H11BrN4O3. The Balaban J connectivity index is 1.84. The molecule has 0 saturated heterocycles. The highest BCUT2D eigenvalue weighted by molar-refractivity contribution is 9.10. The molecule has 0 amide bonds. The third kappa shape index (κ3) is 3.02. The molecule has 0 saturated carbocycles. The average molecular weight is 411 g/mol. The van der Waals surface area contributed by atoms with E-state index in [0.717, 1.165) is 4.47 Å². The molecule has 4 rings (SSSR count). The van der Waals surface area contributed by atoms with Gasteiger partial charge in [-0.1, -0.05) is 12.1 Å². The SMILES string of the molecule is O=[N+]([O-])c1cccc(C=Nc2c(-c3ccco3)nc3ccc(Br)cn23)c1. The van der Waals surface area contributed by atoms with Crippen molar-refractivity contribution in [2.24, 2.45) is 4.99 Å². The Morgan fingerprint density at radius 1 is 1.23 bits per heavy atom. The molecule has 3 aromatic heterocycles. The van der Waals surface area contributed by atoms with Gasteiger partial charge in [0, 0.05) is 29.0 Å². The van der Waals surface area contributed by atoms with Crippen LogP contribution in [0.4, 0.5) is 11.5 Å². The Hall–Kier alpha value is -3.26. The summed E-state index contributed by atoms with van der Waals surface area (Å²) < 4.78 is 8.18.